The van der Waals surface area contributed by atoms with E-state index in [9.17, 15) is 14.7 Å². The highest BCUT2D eigenvalue weighted by atomic mass is 16.6. The lowest BCUT2D eigenvalue weighted by atomic mass is 9.80. The Morgan fingerprint density at radius 3 is 1.92 bits per heavy atom. The Balaban J connectivity index is 1.57. The quantitative estimate of drug-likeness (QED) is 0.319. The van der Waals surface area contributed by atoms with Crippen molar-refractivity contribution < 1.29 is 33.6 Å². The fourth-order valence-corrected chi connectivity index (χ4v) is 4.94. The molecule has 3 N–H and O–H groups in total. The number of nitrogens with one attached hydrogen (secondary N) is 2. The normalized spacial score (nSPS) is 23.1. The Kier molecular flexibility index (Phi) is 6.59. The molecule has 9 nitrogen and oxygen atoms in total. The van der Waals surface area contributed by atoms with Crippen LogP contribution in [0.2, 0.25) is 0 Å². The molecule has 37 heavy (non-hydrogen) atoms. The van der Waals surface area contributed by atoms with Crippen molar-refractivity contribution in [3.05, 3.63) is 95.6 Å². The van der Waals surface area contributed by atoms with Gasteiger partial charge in [-0.15, -0.1) is 0 Å². The number of amides is 3. The molecule has 0 radical (unpaired) electrons. The molecule has 3 aromatic carbocycles. The van der Waals surface area contributed by atoms with E-state index in [0.29, 0.717) is 11.5 Å². The fourth-order valence-electron chi connectivity index (χ4n) is 4.94. The number of hydrogen-bond acceptors (Lipinski definition) is 7. The van der Waals surface area contributed by atoms with Gasteiger partial charge in [0.25, 0.3) is 5.91 Å². The van der Waals surface area contributed by atoms with Gasteiger partial charge in [0.15, 0.2) is 0 Å². The average molecular weight is 505 g/mol. The minimum absolute atomic E-state index is 0.0704. The average Bonchev–Trinajstić information content (AvgIpc) is 3.40. The summed E-state index contributed by atoms with van der Waals surface area (Å²) >= 11 is 0. The van der Waals surface area contributed by atoms with E-state index < -0.39 is 35.5 Å². The number of imide groups is 1. The van der Waals surface area contributed by atoms with Crippen LogP contribution in [0.15, 0.2) is 78.9 Å². The van der Waals surface area contributed by atoms with Crippen molar-refractivity contribution in [1.29, 1.82) is 0 Å². The summed E-state index contributed by atoms with van der Waals surface area (Å²) in [5, 5.41) is 15.5. The summed E-state index contributed by atoms with van der Waals surface area (Å²) in [6, 6.07) is 24.2. The first-order valence-corrected chi connectivity index (χ1v) is 11.9. The third kappa shape index (κ3) is 4.42. The van der Waals surface area contributed by atoms with E-state index in [2.05, 4.69) is 10.6 Å². The molecule has 9 heteroatoms. The van der Waals surface area contributed by atoms with Gasteiger partial charge in [-0.25, -0.2) is 4.79 Å². The topological polar surface area (TPSA) is 115 Å². The first kappa shape index (κ1) is 24.8. The van der Waals surface area contributed by atoms with Crippen molar-refractivity contribution >= 4 is 11.9 Å². The van der Waals surface area contributed by atoms with E-state index in [1.807, 2.05) is 78.9 Å². The van der Waals surface area contributed by atoms with Gasteiger partial charge in [-0.3, -0.25) is 10.1 Å². The molecule has 3 aromatic rings. The van der Waals surface area contributed by atoms with Crippen LogP contribution in [0.3, 0.4) is 0 Å². The summed E-state index contributed by atoms with van der Waals surface area (Å²) in [5.41, 5.74) is -0.239. The summed E-state index contributed by atoms with van der Waals surface area (Å²) in [5.74, 6) is 0.763. The Bertz CT molecular complexity index is 1220. The molecule has 192 valence electrons. The number of ether oxygens (including phenoxy) is 4. The van der Waals surface area contributed by atoms with Crippen molar-refractivity contribution in [2.24, 2.45) is 0 Å². The first-order chi connectivity index (χ1) is 17.9. The monoisotopic (exact) mass is 504 g/mol. The standard InChI is InChI=1S/C28H28N2O7/c1-34-21-12-8-19(9-13-21)28(18-6-4-3-5-7-18,20-10-14-22(35-2)15-11-20)36-17-24-23(31)16-27(37-24)25(32)29-26(33)30-27/h3-15,23-24,31H,16-17H2,1-2H3,(H2,29,30,32,33)/t23-,24+,27-/m0/s1. The predicted molar refractivity (Wildman–Crippen MR) is 133 cm³/mol. The highest BCUT2D eigenvalue weighted by Gasteiger charge is 2.57. The molecular formula is C28H28N2O7. The van der Waals surface area contributed by atoms with Crippen molar-refractivity contribution in [2.75, 3.05) is 20.8 Å². The molecule has 2 aliphatic heterocycles. The lowest BCUT2D eigenvalue weighted by molar-refractivity contribution is -0.149. The number of hydrogen-bond donors (Lipinski definition) is 3. The summed E-state index contributed by atoms with van der Waals surface area (Å²) < 4.78 is 23.4. The van der Waals surface area contributed by atoms with Crippen LogP contribution in [0.4, 0.5) is 4.79 Å². The second-order valence-electron chi connectivity index (χ2n) is 8.98. The van der Waals surface area contributed by atoms with Gasteiger partial charge in [0.1, 0.15) is 23.2 Å². The predicted octanol–water partition coefficient (Wildman–Crippen LogP) is 2.70. The maximum atomic E-state index is 12.4. The van der Waals surface area contributed by atoms with Crippen LogP contribution >= 0.6 is 0 Å². The van der Waals surface area contributed by atoms with Crippen LogP contribution in [0, 0.1) is 0 Å². The van der Waals surface area contributed by atoms with Gasteiger partial charge in [0, 0.05) is 6.42 Å². The van der Waals surface area contributed by atoms with Crippen LogP contribution in [0.25, 0.3) is 0 Å². The van der Waals surface area contributed by atoms with E-state index in [0.717, 1.165) is 16.7 Å². The third-order valence-electron chi connectivity index (χ3n) is 6.83. The fraction of sp³-hybridized carbons (Fsp3) is 0.286. The minimum Gasteiger partial charge on any atom is -0.497 e. The van der Waals surface area contributed by atoms with Crippen LogP contribution in [-0.4, -0.2) is 55.8 Å². The molecule has 3 atom stereocenters. The Hall–Kier alpha value is -3.92. The second kappa shape index (κ2) is 9.85. The van der Waals surface area contributed by atoms with Crippen molar-refractivity contribution in [1.82, 2.24) is 10.6 Å². The number of rotatable bonds is 8. The summed E-state index contributed by atoms with van der Waals surface area (Å²) in [6.45, 7) is -0.0704. The molecule has 2 fully saturated rings. The molecule has 2 saturated heterocycles. The summed E-state index contributed by atoms with van der Waals surface area (Å²) in [4.78, 5) is 24.1. The number of methoxy groups -OCH3 is 2. The number of aliphatic hydroxyl groups is 1. The highest BCUT2D eigenvalue weighted by molar-refractivity contribution is 6.06. The molecular weight excluding hydrogens is 476 g/mol. The lowest BCUT2D eigenvalue weighted by Crippen LogP contribution is -2.47. The van der Waals surface area contributed by atoms with Gasteiger partial charge in [-0.2, -0.15) is 0 Å². The summed E-state index contributed by atoms with van der Waals surface area (Å²) in [6.07, 6.45) is -1.99. The maximum absolute atomic E-state index is 12.4. The molecule has 0 aliphatic carbocycles. The molecule has 0 bridgehead atoms. The molecule has 3 amide bonds. The van der Waals surface area contributed by atoms with Crippen molar-refractivity contribution in [3.63, 3.8) is 0 Å². The van der Waals surface area contributed by atoms with Gasteiger partial charge >= 0.3 is 6.03 Å². The zero-order chi connectivity index (χ0) is 26.0. The van der Waals surface area contributed by atoms with E-state index >= 15 is 0 Å². The molecule has 2 heterocycles. The largest absolute Gasteiger partial charge is 0.497 e. The molecule has 0 unspecified atom stereocenters. The SMILES string of the molecule is COc1ccc(C(OC[C@H]2O[C@]3(C[C@@H]2O)NC(=O)NC3=O)(c2ccccc2)c2ccc(OC)cc2)cc1. The van der Waals surface area contributed by atoms with Gasteiger partial charge in [-0.1, -0.05) is 54.6 Å². The van der Waals surface area contributed by atoms with Gasteiger partial charge < -0.3 is 29.4 Å². The zero-order valence-corrected chi connectivity index (χ0v) is 20.5. The number of carbonyl (C=O) groups excluding carboxylic acids is 2. The molecule has 0 saturated carbocycles. The number of benzene rings is 3. The van der Waals surface area contributed by atoms with Gasteiger partial charge in [0.2, 0.25) is 5.72 Å². The van der Waals surface area contributed by atoms with E-state index in [1.165, 1.54) is 0 Å². The van der Waals surface area contributed by atoms with Crippen molar-refractivity contribution in [2.45, 2.75) is 30.0 Å². The minimum atomic E-state index is -1.61. The maximum Gasteiger partial charge on any atom is 0.324 e. The Morgan fingerprint density at radius 2 is 1.43 bits per heavy atom. The van der Waals surface area contributed by atoms with Gasteiger partial charge in [0.05, 0.1) is 26.9 Å². The number of urea groups is 1. The van der Waals surface area contributed by atoms with Crippen LogP contribution in [0.5, 0.6) is 11.5 Å². The van der Waals surface area contributed by atoms with E-state index in [-0.39, 0.29) is 13.0 Å². The Morgan fingerprint density at radius 1 is 0.892 bits per heavy atom. The summed E-state index contributed by atoms with van der Waals surface area (Å²) in [7, 11) is 3.21. The van der Waals surface area contributed by atoms with Crippen LogP contribution < -0.4 is 20.1 Å². The third-order valence-corrected chi connectivity index (χ3v) is 6.83. The highest BCUT2D eigenvalue weighted by Crippen LogP contribution is 2.43. The number of carbonyl (C=O) groups is 2. The lowest BCUT2D eigenvalue weighted by Gasteiger charge is -2.37. The molecule has 5 rings (SSSR count). The van der Waals surface area contributed by atoms with Crippen molar-refractivity contribution in [3.8, 4) is 11.5 Å². The first-order valence-electron chi connectivity index (χ1n) is 11.9. The van der Waals surface area contributed by atoms with Gasteiger partial charge in [-0.05, 0) is 41.0 Å². The van der Waals surface area contributed by atoms with E-state index in [4.69, 9.17) is 18.9 Å². The smallest absolute Gasteiger partial charge is 0.324 e. The van der Waals surface area contributed by atoms with E-state index in [1.54, 1.807) is 14.2 Å². The Labute approximate surface area is 214 Å². The second-order valence-corrected chi connectivity index (χ2v) is 8.98. The molecule has 2 aliphatic rings. The van der Waals surface area contributed by atoms with Crippen LogP contribution in [-0.2, 0) is 19.9 Å². The van der Waals surface area contributed by atoms with Crippen LogP contribution in [0.1, 0.15) is 23.1 Å². The molecule has 1 spiro atoms. The molecule has 0 aromatic heterocycles. The number of aliphatic hydroxyl groups excluding tert-OH is 1. The zero-order valence-electron chi connectivity index (χ0n) is 20.5.